The van der Waals surface area contributed by atoms with Crippen molar-refractivity contribution in [1.82, 2.24) is 25.0 Å². The molecule has 5 rings (SSSR count). The Labute approximate surface area is 230 Å². The number of rotatable bonds is 7. The topological polar surface area (TPSA) is 99.6 Å². The molecule has 0 saturated heterocycles. The zero-order chi connectivity index (χ0) is 28.6. The Morgan fingerprint density at radius 3 is 2.50 bits per heavy atom. The van der Waals surface area contributed by atoms with Crippen LogP contribution in [0.5, 0.6) is 0 Å². The van der Waals surface area contributed by atoms with Crippen molar-refractivity contribution in [2.24, 2.45) is 11.7 Å². The van der Waals surface area contributed by atoms with Gasteiger partial charge in [0.2, 0.25) is 0 Å². The van der Waals surface area contributed by atoms with Crippen LogP contribution in [-0.4, -0.2) is 36.8 Å². The third kappa shape index (κ3) is 5.31. The van der Waals surface area contributed by atoms with E-state index in [0.29, 0.717) is 12.0 Å². The number of ketones is 1. The molecule has 206 valence electrons. The maximum atomic E-state index is 14.5. The predicted octanol–water partition coefficient (Wildman–Crippen LogP) is 5.69. The molecule has 1 aromatic carbocycles. The number of carbonyl (C=O) groups excluding carboxylic acids is 1. The van der Waals surface area contributed by atoms with E-state index >= 15 is 0 Å². The monoisotopic (exact) mass is 546 g/mol. The molecule has 0 aliphatic heterocycles. The van der Waals surface area contributed by atoms with Crippen LogP contribution in [0.3, 0.4) is 0 Å². The molecule has 0 spiro atoms. The summed E-state index contributed by atoms with van der Waals surface area (Å²) >= 11 is 0. The second-order valence-electron chi connectivity index (χ2n) is 10.5. The van der Waals surface area contributed by atoms with Crippen molar-refractivity contribution in [2.75, 3.05) is 0 Å². The average molecular weight is 547 g/mol. The van der Waals surface area contributed by atoms with E-state index in [1.807, 2.05) is 23.9 Å². The summed E-state index contributed by atoms with van der Waals surface area (Å²) in [7, 11) is 0. The van der Waals surface area contributed by atoms with Crippen LogP contribution in [-0.2, 0) is 6.42 Å². The average Bonchev–Trinajstić information content (AvgIpc) is 3.39. The maximum absolute atomic E-state index is 14.5. The Morgan fingerprint density at radius 1 is 1.07 bits per heavy atom. The zero-order valence-corrected chi connectivity index (χ0v) is 22.2. The van der Waals surface area contributed by atoms with Crippen LogP contribution in [0.1, 0.15) is 66.0 Å². The predicted molar refractivity (Wildman–Crippen MR) is 145 cm³/mol. The lowest BCUT2D eigenvalue weighted by atomic mass is 9.72. The first kappa shape index (κ1) is 27.4. The molecule has 0 unspecified atom stereocenters. The van der Waals surface area contributed by atoms with Crippen molar-refractivity contribution in [3.8, 4) is 11.3 Å². The quantitative estimate of drug-likeness (QED) is 0.299. The number of hydrogen-bond donors (Lipinski definition) is 1. The van der Waals surface area contributed by atoms with Crippen LogP contribution in [0, 0.1) is 23.4 Å². The summed E-state index contributed by atoms with van der Waals surface area (Å²) in [5, 5.41) is 8.48. The van der Waals surface area contributed by atoms with E-state index < -0.39 is 34.5 Å². The minimum Gasteiger partial charge on any atom is -0.326 e. The van der Waals surface area contributed by atoms with Crippen molar-refractivity contribution >= 4 is 11.4 Å². The summed E-state index contributed by atoms with van der Waals surface area (Å²) in [6, 6.07) is 7.06. The van der Waals surface area contributed by atoms with E-state index in [1.165, 1.54) is 12.1 Å². The van der Waals surface area contributed by atoms with Gasteiger partial charge in [-0.05, 0) is 78.6 Å². The third-order valence-corrected chi connectivity index (χ3v) is 7.55. The molecule has 10 heteroatoms. The van der Waals surface area contributed by atoms with Gasteiger partial charge in [0.15, 0.2) is 5.78 Å². The number of pyridine rings is 2. The van der Waals surface area contributed by atoms with E-state index in [-0.39, 0.29) is 36.0 Å². The number of aromatic nitrogens is 5. The van der Waals surface area contributed by atoms with Crippen LogP contribution in [0.25, 0.3) is 16.8 Å². The van der Waals surface area contributed by atoms with Gasteiger partial charge < -0.3 is 5.73 Å². The molecule has 40 heavy (non-hydrogen) atoms. The number of nitrogens with zero attached hydrogens (tertiary/aromatic N) is 5. The number of benzene rings is 1. The van der Waals surface area contributed by atoms with Gasteiger partial charge in [-0.25, -0.2) is 22.8 Å². The summed E-state index contributed by atoms with van der Waals surface area (Å²) < 4.78 is 45.0. The SMILES string of the molecule is C=C(C)c1cn([C@@H]2[C@H](N)C[C@H](c3ccncc3CC(=O)c3ccc(F)c(-c4c(F)cccc4F)n3)C[C@@H]2C)nn1. The van der Waals surface area contributed by atoms with Crippen LogP contribution in [0.15, 0.2) is 61.6 Å². The first-order chi connectivity index (χ1) is 19.1. The first-order valence-corrected chi connectivity index (χ1v) is 13.0. The highest BCUT2D eigenvalue weighted by atomic mass is 19.1. The summed E-state index contributed by atoms with van der Waals surface area (Å²) in [4.78, 5) is 21.5. The molecule has 3 aromatic heterocycles. The van der Waals surface area contributed by atoms with Gasteiger partial charge in [-0.2, -0.15) is 0 Å². The van der Waals surface area contributed by atoms with Gasteiger partial charge in [-0.1, -0.05) is 24.8 Å². The van der Waals surface area contributed by atoms with E-state index in [2.05, 4.69) is 33.8 Å². The van der Waals surface area contributed by atoms with Crippen molar-refractivity contribution in [3.63, 3.8) is 0 Å². The molecule has 2 N–H and O–H groups in total. The Hall–Kier alpha value is -4.18. The summed E-state index contributed by atoms with van der Waals surface area (Å²) in [6.07, 6.45) is 6.59. The summed E-state index contributed by atoms with van der Waals surface area (Å²) in [6.45, 7) is 7.92. The number of allylic oxidation sites excluding steroid dienone is 1. The van der Waals surface area contributed by atoms with Gasteiger partial charge in [0.05, 0.1) is 17.8 Å². The van der Waals surface area contributed by atoms with Crippen molar-refractivity contribution in [1.29, 1.82) is 0 Å². The molecule has 0 amide bonds. The lowest BCUT2D eigenvalue weighted by Gasteiger charge is -2.39. The number of nitrogens with two attached hydrogens (primary N) is 1. The lowest BCUT2D eigenvalue weighted by Crippen LogP contribution is -2.42. The van der Waals surface area contributed by atoms with Crippen LogP contribution >= 0.6 is 0 Å². The van der Waals surface area contributed by atoms with E-state index in [4.69, 9.17) is 5.73 Å². The highest BCUT2D eigenvalue weighted by Gasteiger charge is 2.37. The summed E-state index contributed by atoms with van der Waals surface area (Å²) in [5.74, 6) is -3.04. The molecule has 1 saturated carbocycles. The number of Topliss-reactive ketones (excluding diaryl/α,β-unsaturated/α-hetero) is 1. The maximum Gasteiger partial charge on any atom is 0.185 e. The van der Waals surface area contributed by atoms with Gasteiger partial charge >= 0.3 is 0 Å². The Balaban J connectivity index is 1.38. The molecule has 1 aliphatic carbocycles. The van der Waals surface area contributed by atoms with Gasteiger partial charge in [-0.3, -0.25) is 9.78 Å². The van der Waals surface area contributed by atoms with E-state index in [1.54, 1.807) is 12.4 Å². The Morgan fingerprint density at radius 2 is 1.82 bits per heavy atom. The molecule has 4 aromatic rings. The highest BCUT2D eigenvalue weighted by Crippen LogP contribution is 2.42. The fourth-order valence-electron chi connectivity index (χ4n) is 5.65. The second-order valence-corrected chi connectivity index (χ2v) is 10.5. The molecule has 1 fully saturated rings. The zero-order valence-electron chi connectivity index (χ0n) is 22.2. The van der Waals surface area contributed by atoms with Crippen LogP contribution in [0.4, 0.5) is 13.2 Å². The minimum atomic E-state index is -0.964. The smallest absolute Gasteiger partial charge is 0.185 e. The third-order valence-electron chi connectivity index (χ3n) is 7.55. The van der Waals surface area contributed by atoms with Gasteiger partial charge in [0.1, 0.15) is 34.5 Å². The van der Waals surface area contributed by atoms with E-state index in [0.717, 1.165) is 41.5 Å². The normalized spacial score (nSPS) is 20.9. The van der Waals surface area contributed by atoms with Crippen molar-refractivity contribution < 1.29 is 18.0 Å². The van der Waals surface area contributed by atoms with Gasteiger partial charge in [0, 0.05) is 24.9 Å². The summed E-state index contributed by atoms with van der Waals surface area (Å²) in [5.41, 5.74) is 8.62. The first-order valence-electron chi connectivity index (χ1n) is 13.0. The molecular formula is C30H29F3N6O. The highest BCUT2D eigenvalue weighted by molar-refractivity contribution is 5.96. The molecule has 3 heterocycles. The standard InChI is InChI=1S/C30H29F3N6O/c1-16(2)26-15-39(38-37-26)30-17(3)11-18(12-24(30)34)20-9-10-35-14-19(20)13-27(40)25-8-7-23(33)29(36-25)28-21(31)5-4-6-22(28)32/h4-10,14-15,17-18,24,30H,1,11-13,34H2,2-3H3/t17-,18+,24+,30-/m0/s1. The fraction of sp³-hybridized carbons (Fsp3) is 0.300. The molecule has 4 atom stereocenters. The number of carbonyl (C=O) groups is 1. The van der Waals surface area contributed by atoms with E-state index in [9.17, 15) is 18.0 Å². The second kappa shape index (κ2) is 11.1. The minimum absolute atomic E-state index is 0.0376. The van der Waals surface area contributed by atoms with Crippen LogP contribution in [0.2, 0.25) is 0 Å². The Kier molecular flexibility index (Phi) is 7.62. The fourth-order valence-corrected chi connectivity index (χ4v) is 5.65. The Bertz CT molecular complexity index is 1550. The number of halogens is 3. The molecular weight excluding hydrogens is 517 g/mol. The lowest BCUT2D eigenvalue weighted by molar-refractivity contribution is 0.0987. The molecule has 0 bridgehead atoms. The van der Waals surface area contributed by atoms with Crippen molar-refractivity contribution in [2.45, 2.75) is 51.1 Å². The molecule has 7 nitrogen and oxygen atoms in total. The van der Waals surface area contributed by atoms with Crippen molar-refractivity contribution in [3.05, 3.63) is 102 Å². The van der Waals surface area contributed by atoms with Gasteiger partial charge in [-0.15, -0.1) is 5.10 Å². The largest absolute Gasteiger partial charge is 0.326 e. The number of hydrogen-bond acceptors (Lipinski definition) is 6. The van der Waals surface area contributed by atoms with Gasteiger partial charge in [0.25, 0.3) is 0 Å². The van der Waals surface area contributed by atoms with Crippen LogP contribution < -0.4 is 5.73 Å². The molecule has 1 aliphatic rings. The molecule has 0 radical (unpaired) electrons.